The Kier molecular flexibility index (Phi) is 6.39. The molecule has 0 aliphatic carbocycles. The number of nitrogens with zero attached hydrogens (tertiary/aromatic N) is 1. The zero-order chi connectivity index (χ0) is 16.8. The first kappa shape index (κ1) is 17.7. The lowest BCUT2D eigenvalue weighted by molar-refractivity contribution is -0.119. The Bertz CT molecular complexity index is 526. The predicted molar refractivity (Wildman–Crippen MR) is 89.3 cm³/mol. The minimum atomic E-state index is -0.274. The molecular weight excluding hydrogens is 295 g/mol. The van der Waals surface area contributed by atoms with Gasteiger partial charge in [0.2, 0.25) is 5.91 Å². The molecule has 0 spiro atoms. The maximum absolute atomic E-state index is 14.1. The summed E-state index contributed by atoms with van der Waals surface area (Å²) in [6, 6.07) is 5.25. The molecule has 0 bridgehead atoms. The van der Waals surface area contributed by atoms with Crippen LogP contribution in [-0.4, -0.2) is 43.1 Å². The lowest BCUT2D eigenvalue weighted by atomic mass is 10.0. The van der Waals surface area contributed by atoms with Gasteiger partial charge in [-0.1, -0.05) is 19.9 Å². The number of hydrogen-bond acceptors (Lipinski definition) is 3. The number of carbonyl (C=O) groups is 1. The van der Waals surface area contributed by atoms with Crippen LogP contribution < -0.4 is 10.1 Å². The molecule has 0 radical (unpaired) electrons. The Hall–Kier alpha value is -1.62. The Labute approximate surface area is 138 Å². The number of carbonyl (C=O) groups excluding carboxylic acids is 1. The van der Waals surface area contributed by atoms with Gasteiger partial charge in [-0.2, -0.15) is 0 Å². The Morgan fingerprint density at radius 3 is 2.65 bits per heavy atom. The van der Waals surface area contributed by atoms with Crippen LogP contribution in [0.2, 0.25) is 0 Å². The fourth-order valence-electron chi connectivity index (χ4n) is 2.79. The average molecular weight is 322 g/mol. The first-order chi connectivity index (χ1) is 11.0. The summed E-state index contributed by atoms with van der Waals surface area (Å²) in [7, 11) is 0. The van der Waals surface area contributed by atoms with Gasteiger partial charge in [0.25, 0.3) is 0 Å². The molecule has 2 rings (SSSR count). The molecule has 1 aliphatic rings. The SMILES string of the molecule is CC(=O)NCCN1CCC(Oc2ccc(C(C)C)cc2F)CC1. The Morgan fingerprint density at radius 1 is 1.39 bits per heavy atom. The highest BCUT2D eigenvalue weighted by Gasteiger charge is 2.21. The number of amides is 1. The minimum absolute atomic E-state index is 0.00328. The summed E-state index contributed by atoms with van der Waals surface area (Å²) in [5.74, 6) is 0.393. The maximum Gasteiger partial charge on any atom is 0.216 e. The molecule has 1 N–H and O–H groups in total. The molecule has 5 heteroatoms. The van der Waals surface area contributed by atoms with Gasteiger partial charge in [-0.25, -0.2) is 4.39 Å². The van der Waals surface area contributed by atoms with Crippen molar-refractivity contribution >= 4 is 5.91 Å². The highest BCUT2D eigenvalue weighted by atomic mass is 19.1. The summed E-state index contributed by atoms with van der Waals surface area (Å²) in [6.07, 6.45) is 1.82. The van der Waals surface area contributed by atoms with Crippen molar-refractivity contribution < 1.29 is 13.9 Å². The lowest BCUT2D eigenvalue weighted by Gasteiger charge is -2.32. The van der Waals surface area contributed by atoms with E-state index in [0.29, 0.717) is 18.2 Å². The van der Waals surface area contributed by atoms with Gasteiger partial charge in [-0.15, -0.1) is 0 Å². The quantitative estimate of drug-likeness (QED) is 0.875. The largest absolute Gasteiger partial charge is 0.487 e. The van der Waals surface area contributed by atoms with Crippen molar-refractivity contribution in [2.75, 3.05) is 26.2 Å². The zero-order valence-corrected chi connectivity index (χ0v) is 14.3. The molecule has 4 nitrogen and oxygen atoms in total. The van der Waals surface area contributed by atoms with Crippen molar-refractivity contribution in [1.82, 2.24) is 10.2 Å². The van der Waals surface area contributed by atoms with Crippen molar-refractivity contribution in [3.63, 3.8) is 0 Å². The number of rotatable bonds is 6. The second-order valence-electron chi connectivity index (χ2n) is 6.49. The van der Waals surface area contributed by atoms with Gasteiger partial charge in [0, 0.05) is 33.1 Å². The van der Waals surface area contributed by atoms with Crippen molar-refractivity contribution in [2.24, 2.45) is 0 Å². The van der Waals surface area contributed by atoms with Gasteiger partial charge in [0.15, 0.2) is 11.6 Å². The van der Waals surface area contributed by atoms with Gasteiger partial charge in [0.05, 0.1) is 0 Å². The fourth-order valence-corrected chi connectivity index (χ4v) is 2.79. The van der Waals surface area contributed by atoms with E-state index in [1.165, 1.54) is 6.92 Å². The number of hydrogen-bond donors (Lipinski definition) is 1. The van der Waals surface area contributed by atoms with E-state index in [-0.39, 0.29) is 17.8 Å². The lowest BCUT2D eigenvalue weighted by Crippen LogP contribution is -2.42. The first-order valence-corrected chi connectivity index (χ1v) is 8.38. The van der Waals surface area contributed by atoms with E-state index in [1.807, 2.05) is 19.9 Å². The summed E-state index contributed by atoms with van der Waals surface area (Å²) >= 11 is 0. The number of ether oxygens (including phenoxy) is 1. The van der Waals surface area contributed by atoms with Gasteiger partial charge in [-0.3, -0.25) is 4.79 Å². The molecule has 1 aliphatic heterocycles. The van der Waals surface area contributed by atoms with Gasteiger partial charge in [0.1, 0.15) is 6.10 Å². The van der Waals surface area contributed by atoms with E-state index < -0.39 is 0 Å². The first-order valence-electron chi connectivity index (χ1n) is 8.38. The van der Waals surface area contributed by atoms with Crippen molar-refractivity contribution in [1.29, 1.82) is 0 Å². The van der Waals surface area contributed by atoms with Crippen molar-refractivity contribution in [2.45, 2.75) is 45.6 Å². The van der Waals surface area contributed by atoms with E-state index in [9.17, 15) is 9.18 Å². The topological polar surface area (TPSA) is 41.6 Å². The maximum atomic E-state index is 14.1. The molecule has 1 fully saturated rings. The van der Waals surface area contributed by atoms with Crippen molar-refractivity contribution in [3.05, 3.63) is 29.6 Å². The van der Waals surface area contributed by atoms with Crippen LogP contribution in [0.5, 0.6) is 5.75 Å². The third kappa shape index (κ3) is 5.50. The van der Waals surface area contributed by atoms with Crippen LogP contribution in [0.3, 0.4) is 0 Å². The molecule has 0 saturated carbocycles. The summed E-state index contributed by atoms with van der Waals surface area (Å²) in [6.45, 7) is 8.97. The predicted octanol–water partition coefficient (Wildman–Crippen LogP) is 2.93. The standard InChI is InChI=1S/C18H27FN2O2/c1-13(2)15-4-5-18(17(19)12-15)23-16-6-9-21(10-7-16)11-8-20-14(3)22/h4-5,12-13,16H,6-11H2,1-3H3,(H,20,22). The molecule has 0 atom stereocenters. The normalized spacial score (nSPS) is 16.6. The minimum Gasteiger partial charge on any atom is -0.487 e. The van der Waals surface area contributed by atoms with Crippen LogP contribution in [0, 0.1) is 5.82 Å². The average Bonchev–Trinajstić information content (AvgIpc) is 2.50. The summed E-state index contributed by atoms with van der Waals surface area (Å²) in [4.78, 5) is 13.2. The number of piperidine rings is 1. The van der Waals surface area contributed by atoms with Gasteiger partial charge >= 0.3 is 0 Å². The fraction of sp³-hybridized carbons (Fsp3) is 0.611. The number of nitrogens with one attached hydrogen (secondary N) is 1. The van der Waals surface area contributed by atoms with Crippen LogP contribution in [0.25, 0.3) is 0 Å². The van der Waals surface area contributed by atoms with E-state index >= 15 is 0 Å². The third-order valence-electron chi connectivity index (χ3n) is 4.25. The van der Waals surface area contributed by atoms with E-state index in [4.69, 9.17) is 4.74 Å². The molecule has 0 aromatic heterocycles. The Morgan fingerprint density at radius 2 is 2.09 bits per heavy atom. The molecule has 1 aromatic rings. The third-order valence-corrected chi connectivity index (χ3v) is 4.25. The van der Waals surface area contributed by atoms with Crippen LogP contribution >= 0.6 is 0 Å². The molecule has 1 aromatic carbocycles. The monoisotopic (exact) mass is 322 g/mol. The molecule has 23 heavy (non-hydrogen) atoms. The second kappa shape index (κ2) is 8.29. The Balaban J connectivity index is 1.79. The van der Waals surface area contributed by atoms with Gasteiger partial charge in [-0.05, 0) is 36.5 Å². The van der Waals surface area contributed by atoms with E-state index in [1.54, 1.807) is 12.1 Å². The molecule has 1 heterocycles. The molecule has 1 saturated heterocycles. The highest BCUT2D eigenvalue weighted by Crippen LogP contribution is 2.25. The van der Waals surface area contributed by atoms with Crippen LogP contribution in [-0.2, 0) is 4.79 Å². The number of likely N-dealkylation sites (tertiary alicyclic amines) is 1. The smallest absolute Gasteiger partial charge is 0.216 e. The van der Waals surface area contributed by atoms with E-state index in [2.05, 4.69) is 10.2 Å². The van der Waals surface area contributed by atoms with Crippen LogP contribution in [0.15, 0.2) is 18.2 Å². The van der Waals surface area contributed by atoms with Crippen LogP contribution in [0.4, 0.5) is 4.39 Å². The van der Waals surface area contributed by atoms with E-state index in [0.717, 1.165) is 38.0 Å². The summed E-state index contributed by atoms with van der Waals surface area (Å²) in [5, 5.41) is 2.80. The summed E-state index contributed by atoms with van der Waals surface area (Å²) < 4.78 is 19.9. The van der Waals surface area contributed by atoms with Crippen LogP contribution in [0.1, 0.15) is 45.1 Å². The molecule has 128 valence electrons. The summed E-state index contributed by atoms with van der Waals surface area (Å²) in [5.41, 5.74) is 0.989. The van der Waals surface area contributed by atoms with Crippen molar-refractivity contribution in [3.8, 4) is 5.75 Å². The molecule has 0 unspecified atom stereocenters. The molecular formula is C18H27FN2O2. The number of benzene rings is 1. The second-order valence-corrected chi connectivity index (χ2v) is 6.49. The zero-order valence-electron chi connectivity index (χ0n) is 14.3. The molecule has 1 amide bonds. The highest BCUT2D eigenvalue weighted by molar-refractivity contribution is 5.72. The number of halogens is 1. The van der Waals surface area contributed by atoms with Gasteiger partial charge < -0.3 is 15.0 Å².